The Kier molecular flexibility index (Phi) is 6.03. The van der Waals surface area contributed by atoms with Crippen LogP contribution in [0, 0.1) is 12.7 Å². The number of carbonyl (C=O) groups is 2. The largest absolute Gasteiger partial charge is 0.457 e. The van der Waals surface area contributed by atoms with Crippen molar-refractivity contribution in [3.05, 3.63) is 65.5 Å². The number of esters is 1. The van der Waals surface area contributed by atoms with Gasteiger partial charge in [0.25, 0.3) is 0 Å². The van der Waals surface area contributed by atoms with Gasteiger partial charge in [0.2, 0.25) is 5.78 Å². The van der Waals surface area contributed by atoms with Crippen molar-refractivity contribution in [3.63, 3.8) is 0 Å². The first-order chi connectivity index (χ1) is 11.8. The van der Waals surface area contributed by atoms with Crippen LogP contribution >= 0.6 is 0 Å². The summed E-state index contributed by atoms with van der Waals surface area (Å²) in [6.07, 6.45) is -0.388. The van der Waals surface area contributed by atoms with E-state index in [1.54, 1.807) is 12.1 Å². The van der Waals surface area contributed by atoms with E-state index in [1.165, 1.54) is 30.3 Å². The molecule has 0 saturated carbocycles. The maximum absolute atomic E-state index is 13.4. The van der Waals surface area contributed by atoms with Crippen molar-refractivity contribution in [2.45, 2.75) is 18.2 Å². The Hall–Kier alpha value is -2.54. The van der Waals surface area contributed by atoms with Crippen molar-refractivity contribution >= 4 is 21.6 Å². The summed E-state index contributed by atoms with van der Waals surface area (Å²) in [6, 6.07) is 11.6. The molecule has 0 N–H and O–H groups in total. The SMILES string of the molecule is Cc1ccc(S(=O)(=O)CCC(=O)OCC(=O)c2ccccc2F)cc1. The van der Waals surface area contributed by atoms with Gasteiger partial charge in [-0.05, 0) is 31.2 Å². The van der Waals surface area contributed by atoms with E-state index < -0.39 is 39.8 Å². The Morgan fingerprint density at radius 3 is 2.32 bits per heavy atom. The van der Waals surface area contributed by atoms with E-state index in [1.807, 2.05) is 6.92 Å². The minimum Gasteiger partial charge on any atom is -0.457 e. The molecule has 0 bridgehead atoms. The third-order valence-electron chi connectivity index (χ3n) is 3.49. The summed E-state index contributed by atoms with van der Waals surface area (Å²) < 4.78 is 42.4. The minimum atomic E-state index is -3.62. The van der Waals surface area contributed by atoms with E-state index in [0.29, 0.717) is 0 Å². The molecular formula is C18H17FO5S. The van der Waals surface area contributed by atoms with Gasteiger partial charge in [0.1, 0.15) is 5.82 Å². The van der Waals surface area contributed by atoms with E-state index in [9.17, 15) is 22.4 Å². The normalized spacial score (nSPS) is 11.1. The summed E-state index contributed by atoms with van der Waals surface area (Å²) in [5, 5.41) is 0. The fourth-order valence-corrected chi connectivity index (χ4v) is 3.29. The fourth-order valence-electron chi connectivity index (χ4n) is 2.06. The molecule has 0 spiro atoms. The monoisotopic (exact) mass is 364 g/mol. The van der Waals surface area contributed by atoms with Gasteiger partial charge in [-0.15, -0.1) is 0 Å². The molecule has 2 rings (SSSR count). The average molecular weight is 364 g/mol. The number of ether oxygens (including phenoxy) is 1. The molecule has 2 aromatic carbocycles. The Bertz CT molecular complexity index is 873. The lowest BCUT2D eigenvalue weighted by Crippen LogP contribution is -2.18. The molecule has 0 atom stereocenters. The molecule has 5 nitrogen and oxygen atoms in total. The zero-order valence-corrected chi connectivity index (χ0v) is 14.4. The zero-order chi connectivity index (χ0) is 18.4. The van der Waals surface area contributed by atoms with Crippen molar-refractivity contribution in [2.75, 3.05) is 12.4 Å². The number of benzene rings is 2. The maximum Gasteiger partial charge on any atom is 0.307 e. The second-order valence-electron chi connectivity index (χ2n) is 5.45. The number of sulfone groups is 1. The quantitative estimate of drug-likeness (QED) is 0.558. The molecule has 132 valence electrons. The third-order valence-corrected chi connectivity index (χ3v) is 5.23. The van der Waals surface area contributed by atoms with E-state index >= 15 is 0 Å². The van der Waals surface area contributed by atoms with E-state index in [0.717, 1.165) is 11.6 Å². The summed E-state index contributed by atoms with van der Waals surface area (Å²) in [6.45, 7) is 1.20. The summed E-state index contributed by atoms with van der Waals surface area (Å²) in [4.78, 5) is 23.6. The number of ketones is 1. The highest BCUT2D eigenvalue weighted by Crippen LogP contribution is 2.13. The van der Waals surface area contributed by atoms with Crippen molar-refractivity contribution in [3.8, 4) is 0 Å². The first-order valence-corrected chi connectivity index (χ1v) is 9.17. The van der Waals surface area contributed by atoms with Gasteiger partial charge in [0.15, 0.2) is 16.4 Å². The molecule has 0 amide bonds. The first-order valence-electron chi connectivity index (χ1n) is 7.52. The van der Waals surface area contributed by atoms with Crippen LogP contribution in [-0.4, -0.2) is 32.5 Å². The van der Waals surface area contributed by atoms with Gasteiger partial charge < -0.3 is 4.74 Å². The highest BCUT2D eigenvalue weighted by Gasteiger charge is 2.18. The van der Waals surface area contributed by atoms with Gasteiger partial charge in [0, 0.05) is 0 Å². The van der Waals surface area contributed by atoms with Crippen LogP contribution in [0.4, 0.5) is 4.39 Å². The summed E-state index contributed by atoms with van der Waals surface area (Å²) >= 11 is 0. The molecule has 0 aliphatic rings. The summed E-state index contributed by atoms with van der Waals surface area (Å²) in [7, 11) is -3.62. The highest BCUT2D eigenvalue weighted by atomic mass is 32.2. The minimum absolute atomic E-state index is 0.119. The first kappa shape index (κ1) is 18.8. The Morgan fingerprint density at radius 1 is 1.04 bits per heavy atom. The van der Waals surface area contributed by atoms with Crippen molar-refractivity contribution < 1.29 is 27.1 Å². The van der Waals surface area contributed by atoms with Crippen LogP contribution in [0.1, 0.15) is 22.3 Å². The number of carbonyl (C=O) groups excluding carboxylic acids is 2. The molecule has 0 heterocycles. The van der Waals surface area contributed by atoms with Crippen LogP contribution in [0.3, 0.4) is 0 Å². The van der Waals surface area contributed by atoms with E-state index in [2.05, 4.69) is 0 Å². The topological polar surface area (TPSA) is 77.5 Å². The number of halogens is 1. The van der Waals surface area contributed by atoms with Crippen LogP contribution < -0.4 is 0 Å². The average Bonchev–Trinajstić information content (AvgIpc) is 2.59. The molecule has 0 aliphatic carbocycles. The fraction of sp³-hybridized carbons (Fsp3) is 0.222. The second-order valence-corrected chi connectivity index (χ2v) is 7.55. The van der Waals surface area contributed by atoms with Gasteiger partial charge >= 0.3 is 5.97 Å². The lowest BCUT2D eigenvalue weighted by Gasteiger charge is -2.06. The van der Waals surface area contributed by atoms with Gasteiger partial charge in [0.05, 0.1) is 22.6 Å². The molecule has 7 heteroatoms. The number of aryl methyl sites for hydroxylation is 1. The molecule has 25 heavy (non-hydrogen) atoms. The standard InChI is InChI=1S/C18H17FO5S/c1-13-6-8-14(9-7-13)25(22,23)11-10-18(21)24-12-17(20)15-4-2-3-5-16(15)19/h2-9H,10-12H2,1H3. The van der Waals surface area contributed by atoms with Crippen LogP contribution in [0.25, 0.3) is 0 Å². The Labute approximate surface area is 145 Å². The molecule has 0 saturated heterocycles. The van der Waals surface area contributed by atoms with Crippen molar-refractivity contribution in [1.29, 1.82) is 0 Å². The summed E-state index contributed by atoms with van der Waals surface area (Å²) in [5.74, 6) is -2.65. The lowest BCUT2D eigenvalue weighted by atomic mass is 10.1. The van der Waals surface area contributed by atoms with Gasteiger partial charge in [-0.3, -0.25) is 9.59 Å². The maximum atomic E-state index is 13.4. The van der Waals surface area contributed by atoms with Crippen LogP contribution in [0.2, 0.25) is 0 Å². The molecule has 0 aliphatic heterocycles. The van der Waals surface area contributed by atoms with Crippen LogP contribution in [0.5, 0.6) is 0 Å². The number of rotatable bonds is 7. The molecule has 0 unspecified atom stereocenters. The predicted molar refractivity (Wildman–Crippen MR) is 89.5 cm³/mol. The Balaban J connectivity index is 1.87. The smallest absolute Gasteiger partial charge is 0.307 e. The predicted octanol–water partition coefficient (Wildman–Crippen LogP) is 2.72. The number of hydrogen-bond acceptors (Lipinski definition) is 5. The van der Waals surface area contributed by atoms with Crippen LogP contribution in [-0.2, 0) is 19.4 Å². The highest BCUT2D eigenvalue weighted by molar-refractivity contribution is 7.91. The van der Waals surface area contributed by atoms with E-state index in [-0.39, 0.29) is 16.9 Å². The zero-order valence-electron chi connectivity index (χ0n) is 13.6. The number of hydrogen-bond donors (Lipinski definition) is 0. The molecule has 0 aromatic heterocycles. The van der Waals surface area contributed by atoms with Crippen LogP contribution in [0.15, 0.2) is 53.4 Å². The van der Waals surface area contributed by atoms with E-state index in [4.69, 9.17) is 4.74 Å². The third kappa shape index (κ3) is 5.22. The van der Waals surface area contributed by atoms with Crippen molar-refractivity contribution in [2.24, 2.45) is 0 Å². The summed E-state index contributed by atoms with van der Waals surface area (Å²) in [5.41, 5.74) is 0.743. The Morgan fingerprint density at radius 2 is 1.68 bits per heavy atom. The molecule has 2 aromatic rings. The van der Waals surface area contributed by atoms with Gasteiger partial charge in [-0.2, -0.15) is 0 Å². The van der Waals surface area contributed by atoms with Gasteiger partial charge in [-0.1, -0.05) is 29.8 Å². The second kappa shape index (κ2) is 8.02. The van der Waals surface area contributed by atoms with Gasteiger partial charge in [-0.25, -0.2) is 12.8 Å². The molecule has 0 fully saturated rings. The lowest BCUT2D eigenvalue weighted by molar-refractivity contribution is -0.142. The molecule has 0 radical (unpaired) electrons. The number of Topliss-reactive ketones (excluding diaryl/α,β-unsaturated/α-hetero) is 1. The van der Waals surface area contributed by atoms with Crippen molar-refractivity contribution in [1.82, 2.24) is 0 Å². The molecular weight excluding hydrogens is 347 g/mol.